The van der Waals surface area contributed by atoms with Crippen molar-refractivity contribution in [2.45, 2.75) is 44.6 Å². The average molecular weight is 404 g/mol. The highest BCUT2D eigenvalue weighted by Crippen LogP contribution is 2.43. The first-order valence-electron chi connectivity index (χ1n) is 9.76. The van der Waals surface area contributed by atoms with E-state index in [1.807, 2.05) is 31.2 Å². The molecule has 1 amide bonds. The van der Waals surface area contributed by atoms with Crippen molar-refractivity contribution in [3.63, 3.8) is 0 Å². The summed E-state index contributed by atoms with van der Waals surface area (Å²) in [4.78, 5) is 22.6. The van der Waals surface area contributed by atoms with Crippen LogP contribution in [0.2, 0.25) is 5.02 Å². The van der Waals surface area contributed by atoms with Gasteiger partial charge in [-0.15, -0.1) is 11.3 Å². The Kier molecular flexibility index (Phi) is 5.53. The number of carbonyl (C=O) groups is 1. The molecule has 1 saturated carbocycles. The van der Waals surface area contributed by atoms with E-state index in [0.717, 1.165) is 74.7 Å². The molecule has 1 saturated heterocycles. The third kappa shape index (κ3) is 3.91. The zero-order valence-corrected chi connectivity index (χ0v) is 17.4. The topological polar surface area (TPSA) is 36.4 Å². The molecule has 4 rings (SSSR count). The molecule has 2 aromatic rings. The molecule has 6 heteroatoms. The van der Waals surface area contributed by atoms with E-state index in [1.54, 1.807) is 11.3 Å². The first-order chi connectivity index (χ1) is 13.1. The number of piperazine rings is 1. The van der Waals surface area contributed by atoms with E-state index in [9.17, 15) is 4.79 Å². The Morgan fingerprint density at radius 3 is 2.41 bits per heavy atom. The maximum Gasteiger partial charge on any atom is 0.233 e. The Morgan fingerprint density at radius 1 is 1.15 bits per heavy atom. The predicted octanol–water partition coefficient (Wildman–Crippen LogP) is 4.26. The molecule has 144 valence electrons. The van der Waals surface area contributed by atoms with Gasteiger partial charge in [0, 0.05) is 42.3 Å². The molecule has 0 bridgehead atoms. The highest BCUT2D eigenvalue weighted by atomic mass is 35.5. The second-order valence-corrected chi connectivity index (χ2v) is 9.13. The van der Waals surface area contributed by atoms with Gasteiger partial charge in [-0.05, 0) is 37.5 Å². The molecular formula is C21H26ClN3OS. The summed E-state index contributed by atoms with van der Waals surface area (Å²) in [7, 11) is 0. The van der Waals surface area contributed by atoms with Gasteiger partial charge in [0.15, 0.2) is 0 Å². The van der Waals surface area contributed by atoms with Crippen LogP contribution in [0.3, 0.4) is 0 Å². The lowest BCUT2D eigenvalue weighted by Crippen LogP contribution is -2.53. The molecule has 2 aliphatic rings. The van der Waals surface area contributed by atoms with Gasteiger partial charge in [0.1, 0.15) is 5.01 Å². The van der Waals surface area contributed by atoms with Crippen molar-refractivity contribution in [3.8, 4) is 0 Å². The largest absolute Gasteiger partial charge is 0.339 e. The van der Waals surface area contributed by atoms with Crippen LogP contribution in [0.15, 0.2) is 29.6 Å². The predicted molar refractivity (Wildman–Crippen MR) is 110 cm³/mol. The number of carbonyl (C=O) groups excluding carboxylic acids is 1. The Morgan fingerprint density at radius 2 is 1.81 bits per heavy atom. The molecule has 1 aliphatic carbocycles. The zero-order chi connectivity index (χ0) is 18.9. The van der Waals surface area contributed by atoms with Crippen LogP contribution in [0.5, 0.6) is 0 Å². The minimum Gasteiger partial charge on any atom is -0.339 e. The molecule has 4 nitrogen and oxygen atoms in total. The number of aromatic nitrogens is 1. The number of nitrogens with zero attached hydrogens (tertiary/aromatic N) is 3. The van der Waals surface area contributed by atoms with E-state index in [1.165, 1.54) is 5.01 Å². The summed E-state index contributed by atoms with van der Waals surface area (Å²) in [6.45, 7) is 6.37. The van der Waals surface area contributed by atoms with E-state index < -0.39 is 0 Å². The molecule has 0 unspecified atom stereocenters. The third-order valence-electron chi connectivity index (χ3n) is 5.95. The highest BCUT2D eigenvalue weighted by Gasteiger charge is 2.45. The van der Waals surface area contributed by atoms with Gasteiger partial charge in [0.25, 0.3) is 0 Å². The van der Waals surface area contributed by atoms with Gasteiger partial charge < -0.3 is 4.90 Å². The number of rotatable bonds is 4. The minimum absolute atomic E-state index is 0.312. The van der Waals surface area contributed by atoms with E-state index in [4.69, 9.17) is 11.6 Å². The molecule has 0 N–H and O–H groups in total. The fourth-order valence-electron chi connectivity index (χ4n) is 4.45. The van der Waals surface area contributed by atoms with Crippen LogP contribution in [0.4, 0.5) is 0 Å². The Labute approximate surface area is 170 Å². The molecule has 2 fully saturated rings. The molecule has 1 aromatic heterocycles. The summed E-state index contributed by atoms with van der Waals surface area (Å²) in [6, 6.07) is 7.93. The number of benzene rings is 1. The molecule has 2 heterocycles. The normalized spacial score (nSPS) is 20.1. The quantitative estimate of drug-likeness (QED) is 0.765. The van der Waals surface area contributed by atoms with E-state index >= 15 is 0 Å². The number of hydrogen-bond donors (Lipinski definition) is 0. The van der Waals surface area contributed by atoms with Gasteiger partial charge in [0.2, 0.25) is 5.91 Å². The van der Waals surface area contributed by atoms with Crippen molar-refractivity contribution in [1.82, 2.24) is 14.8 Å². The molecular weight excluding hydrogens is 378 g/mol. The second-order valence-electron chi connectivity index (χ2n) is 7.75. The van der Waals surface area contributed by atoms with Crippen LogP contribution in [-0.2, 0) is 16.8 Å². The van der Waals surface area contributed by atoms with Gasteiger partial charge in [-0.1, -0.05) is 36.6 Å². The molecule has 0 atom stereocenters. The summed E-state index contributed by atoms with van der Waals surface area (Å²) < 4.78 is 0. The molecule has 0 radical (unpaired) electrons. The van der Waals surface area contributed by atoms with Crippen LogP contribution in [0, 0.1) is 6.92 Å². The number of aryl methyl sites for hydroxylation is 1. The summed E-state index contributed by atoms with van der Waals surface area (Å²) >= 11 is 7.80. The smallest absolute Gasteiger partial charge is 0.233 e. The van der Waals surface area contributed by atoms with Crippen LogP contribution in [0.1, 0.15) is 41.9 Å². The van der Waals surface area contributed by atoms with Gasteiger partial charge in [0.05, 0.1) is 12.0 Å². The highest BCUT2D eigenvalue weighted by molar-refractivity contribution is 7.09. The molecule has 1 aromatic carbocycles. The number of amides is 1. The van der Waals surface area contributed by atoms with Crippen molar-refractivity contribution in [2.75, 3.05) is 26.2 Å². The molecule has 27 heavy (non-hydrogen) atoms. The third-order valence-corrected chi connectivity index (χ3v) is 7.15. The maximum absolute atomic E-state index is 13.5. The first kappa shape index (κ1) is 18.9. The van der Waals surface area contributed by atoms with Crippen LogP contribution in [-0.4, -0.2) is 46.9 Å². The number of thiazole rings is 1. The van der Waals surface area contributed by atoms with E-state index in [0.29, 0.717) is 5.91 Å². The average Bonchev–Trinajstić information content (AvgIpc) is 3.32. The molecule has 1 aliphatic heterocycles. The lowest BCUT2D eigenvalue weighted by molar-refractivity contribution is -0.139. The summed E-state index contributed by atoms with van der Waals surface area (Å²) in [5.74, 6) is 0.312. The standard InChI is InChI=1S/C21H26ClN3OS/c1-16-15-27-19(23-16)14-24-10-12-25(13-11-24)20(26)21(8-2-3-9-21)17-4-6-18(22)7-5-17/h4-7,15H,2-3,8-14H2,1H3. The monoisotopic (exact) mass is 403 g/mol. The fraction of sp³-hybridized carbons (Fsp3) is 0.524. The van der Waals surface area contributed by atoms with Crippen LogP contribution < -0.4 is 0 Å². The zero-order valence-electron chi connectivity index (χ0n) is 15.8. The van der Waals surface area contributed by atoms with Gasteiger partial charge in [-0.25, -0.2) is 4.98 Å². The number of hydrogen-bond acceptors (Lipinski definition) is 4. The number of halogens is 1. The lowest BCUT2D eigenvalue weighted by atomic mass is 9.77. The van der Waals surface area contributed by atoms with Crippen molar-refractivity contribution >= 4 is 28.8 Å². The van der Waals surface area contributed by atoms with Gasteiger partial charge in [-0.2, -0.15) is 0 Å². The first-order valence-corrected chi connectivity index (χ1v) is 11.0. The maximum atomic E-state index is 13.5. The van der Waals surface area contributed by atoms with Gasteiger partial charge in [-0.3, -0.25) is 9.69 Å². The van der Waals surface area contributed by atoms with E-state index in [-0.39, 0.29) is 5.41 Å². The summed E-state index contributed by atoms with van der Waals surface area (Å²) in [5.41, 5.74) is 1.88. The Bertz CT molecular complexity index is 790. The molecule has 0 spiro atoms. The van der Waals surface area contributed by atoms with Crippen molar-refractivity contribution in [3.05, 3.63) is 50.9 Å². The lowest BCUT2D eigenvalue weighted by Gasteiger charge is -2.40. The summed E-state index contributed by atoms with van der Waals surface area (Å²) in [6.07, 6.45) is 4.15. The van der Waals surface area contributed by atoms with Gasteiger partial charge >= 0.3 is 0 Å². The van der Waals surface area contributed by atoms with Crippen LogP contribution in [0.25, 0.3) is 0 Å². The van der Waals surface area contributed by atoms with Crippen molar-refractivity contribution in [1.29, 1.82) is 0 Å². The van der Waals surface area contributed by atoms with Crippen LogP contribution >= 0.6 is 22.9 Å². The van der Waals surface area contributed by atoms with E-state index in [2.05, 4.69) is 20.2 Å². The van der Waals surface area contributed by atoms with Crippen molar-refractivity contribution in [2.24, 2.45) is 0 Å². The second kappa shape index (κ2) is 7.90. The van der Waals surface area contributed by atoms with Crippen molar-refractivity contribution < 1.29 is 4.79 Å². The Hall–Kier alpha value is -1.43. The Balaban J connectivity index is 1.43. The minimum atomic E-state index is -0.348. The SMILES string of the molecule is Cc1csc(CN2CCN(C(=O)C3(c4ccc(Cl)cc4)CCCC3)CC2)n1. The fourth-order valence-corrected chi connectivity index (χ4v) is 5.39. The summed E-state index contributed by atoms with van der Waals surface area (Å²) in [5, 5.41) is 4.00.